The lowest BCUT2D eigenvalue weighted by atomic mass is 9.67. The summed E-state index contributed by atoms with van der Waals surface area (Å²) in [5.74, 6) is 0.621. The van der Waals surface area contributed by atoms with Gasteiger partial charge in [-0.05, 0) is 51.3 Å². The third-order valence-corrected chi connectivity index (χ3v) is 5.39. The van der Waals surface area contributed by atoms with Crippen molar-refractivity contribution in [3.63, 3.8) is 0 Å². The fourth-order valence-corrected chi connectivity index (χ4v) is 4.20. The molecule has 2 N–H and O–H groups in total. The van der Waals surface area contributed by atoms with Gasteiger partial charge in [-0.25, -0.2) is 0 Å². The number of allylic oxidation sites excluding steroid dienone is 1. The lowest BCUT2D eigenvalue weighted by molar-refractivity contribution is -0.129. The summed E-state index contributed by atoms with van der Waals surface area (Å²) in [6, 6.07) is 10.7. The molecule has 0 saturated carbocycles. The van der Waals surface area contributed by atoms with Gasteiger partial charge in [0.1, 0.15) is 0 Å². The SMILES string of the molecule is CN1CCC2=C(c3ccccc3)CC[C@@H](C(=O)C(C)(C)N)C2C1. The Morgan fingerprint density at radius 2 is 1.91 bits per heavy atom. The van der Waals surface area contributed by atoms with E-state index < -0.39 is 5.54 Å². The number of benzene rings is 1. The zero-order valence-corrected chi connectivity index (χ0v) is 14.5. The van der Waals surface area contributed by atoms with Crippen LogP contribution >= 0.6 is 0 Å². The van der Waals surface area contributed by atoms with Crippen LogP contribution in [0.1, 0.15) is 38.7 Å². The van der Waals surface area contributed by atoms with Gasteiger partial charge in [-0.2, -0.15) is 0 Å². The Morgan fingerprint density at radius 3 is 2.57 bits per heavy atom. The molecule has 3 heteroatoms. The van der Waals surface area contributed by atoms with E-state index >= 15 is 0 Å². The highest BCUT2D eigenvalue weighted by Gasteiger charge is 2.41. The first kappa shape index (κ1) is 16.4. The number of nitrogens with two attached hydrogens (primary N) is 1. The van der Waals surface area contributed by atoms with E-state index in [1.165, 1.54) is 16.7 Å². The van der Waals surface area contributed by atoms with Crippen molar-refractivity contribution in [2.75, 3.05) is 20.1 Å². The molecule has 0 amide bonds. The molecule has 3 rings (SSSR count). The molecule has 124 valence electrons. The van der Waals surface area contributed by atoms with E-state index in [1.807, 2.05) is 13.8 Å². The standard InChI is InChI=1S/C20H28N2O/c1-20(2,21)19(23)17-10-9-15(14-7-5-4-6-8-14)16-11-12-22(3)13-18(16)17/h4-8,17-18H,9-13,21H2,1-3H3/t17-,18?/m1/s1. The first-order valence-electron chi connectivity index (χ1n) is 8.67. The summed E-state index contributed by atoms with van der Waals surface area (Å²) in [4.78, 5) is 15.2. The molecule has 0 spiro atoms. The molecule has 1 saturated heterocycles. The highest BCUT2D eigenvalue weighted by molar-refractivity contribution is 5.91. The van der Waals surface area contributed by atoms with E-state index in [2.05, 4.69) is 42.3 Å². The average Bonchev–Trinajstić information content (AvgIpc) is 2.53. The van der Waals surface area contributed by atoms with Gasteiger partial charge in [0.15, 0.2) is 5.78 Å². The van der Waals surface area contributed by atoms with Crippen LogP contribution in [-0.4, -0.2) is 36.4 Å². The zero-order chi connectivity index (χ0) is 16.6. The summed E-state index contributed by atoms with van der Waals surface area (Å²) in [6.07, 6.45) is 2.98. The first-order valence-corrected chi connectivity index (χ1v) is 8.67. The quantitative estimate of drug-likeness (QED) is 0.933. The number of hydrogen-bond acceptors (Lipinski definition) is 3. The maximum atomic E-state index is 12.9. The summed E-state index contributed by atoms with van der Waals surface area (Å²) in [7, 11) is 2.16. The summed E-state index contributed by atoms with van der Waals surface area (Å²) in [5, 5.41) is 0. The first-order chi connectivity index (χ1) is 10.9. The number of carbonyl (C=O) groups is 1. The van der Waals surface area contributed by atoms with Crippen molar-refractivity contribution in [2.45, 2.75) is 38.6 Å². The van der Waals surface area contributed by atoms with Crippen LogP contribution in [0, 0.1) is 11.8 Å². The Balaban J connectivity index is 1.99. The van der Waals surface area contributed by atoms with Crippen LogP contribution in [0.3, 0.4) is 0 Å². The van der Waals surface area contributed by atoms with Crippen LogP contribution in [0.25, 0.3) is 5.57 Å². The number of carbonyl (C=O) groups excluding carboxylic acids is 1. The monoisotopic (exact) mass is 312 g/mol. The fourth-order valence-electron chi connectivity index (χ4n) is 4.20. The van der Waals surface area contributed by atoms with Crippen LogP contribution in [-0.2, 0) is 4.79 Å². The molecular formula is C20H28N2O. The van der Waals surface area contributed by atoms with Gasteiger partial charge < -0.3 is 10.6 Å². The van der Waals surface area contributed by atoms with Crippen molar-refractivity contribution in [3.05, 3.63) is 41.5 Å². The molecule has 1 heterocycles. The molecule has 0 radical (unpaired) electrons. The summed E-state index contributed by atoms with van der Waals surface area (Å²) in [6.45, 7) is 5.74. The van der Waals surface area contributed by atoms with Crippen molar-refractivity contribution >= 4 is 11.4 Å². The van der Waals surface area contributed by atoms with Crippen molar-refractivity contribution in [3.8, 4) is 0 Å². The Kier molecular flexibility index (Phi) is 4.43. The predicted octanol–water partition coefficient (Wildman–Crippen LogP) is 3.11. The highest BCUT2D eigenvalue weighted by atomic mass is 16.1. The lowest BCUT2D eigenvalue weighted by Crippen LogP contribution is -2.51. The minimum atomic E-state index is -0.740. The molecule has 23 heavy (non-hydrogen) atoms. The second-order valence-electron chi connectivity index (χ2n) is 7.72. The molecule has 1 unspecified atom stereocenters. The number of Topliss-reactive ketones (excluding diaryl/α,β-unsaturated/α-hetero) is 1. The zero-order valence-electron chi connectivity index (χ0n) is 14.5. The van der Waals surface area contributed by atoms with Gasteiger partial charge in [0.2, 0.25) is 0 Å². The normalized spacial score (nSPS) is 26.1. The predicted molar refractivity (Wildman–Crippen MR) is 95.0 cm³/mol. The smallest absolute Gasteiger partial charge is 0.155 e. The maximum absolute atomic E-state index is 12.9. The number of likely N-dealkylation sites (tertiary alicyclic amines) is 1. The van der Waals surface area contributed by atoms with Gasteiger partial charge >= 0.3 is 0 Å². The van der Waals surface area contributed by atoms with E-state index in [0.717, 1.165) is 32.4 Å². The van der Waals surface area contributed by atoms with Crippen molar-refractivity contribution in [1.82, 2.24) is 4.90 Å². The van der Waals surface area contributed by atoms with Crippen LogP contribution in [0.15, 0.2) is 35.9 Å². The topological polar surface area (TPSA) is 46.3 Å². The third kappa shape index (κ3) is 3.26. The molecule has 3 nitrogen and oxygen atoms in total. The Bertz CT molecular complexity index is 612. The molecule has 2 aliphatic rings. The van der Waals surface area contributed by atoms with E-state index in [-0.39, 0.29) is 11.7 Å². The Labute approximate surface area is 139 Å². The molecule has 1 aliphatic heterocycles. The number of ketones is 1. The molecule has 0 bridgehead atoms. The molecule has 2 atom stereocenters. The minimum absolute atomic E-state index is 0.0696. The van der Waals surface area contributed by atoms with Crippen LogP contribution in [0.2, 0.25) is 0 Å². The van der Waals surface area contributed by atoms with Crippen molar-refractivity contribution in [2.24, 2.45) is 17.6 Å². The number of nitrogens with zero attached hydrogens (tertiary/aromatic N) is 1. The van der Waals surface area contributed by atoms with E-state index in [0.29, 0.717) is 5.92 Å². The second kappa shape index (κ2) is 6.21. The number of rotatable bonds is 3. The van der Waals surface area contributed by atoms with E-state index in [4.69, 9.17) is 5.73 Å². The number of fused-ring (bicyclic) bond motifs is 1. The average molecular weight is 312 g/mol. The molecule has 1 aromatic rings. The van der Waals surface area contributed by atoms with Crippen molar-refractivity contribution < 1.29 is 4.79 Å². The fraction of sp³-hybridized carbons (Fsp3) is 0.550. The highest BCUT2D eigenvalue weighted by Crippen LogP contribution is 2.44. The number of piperidine rings is 1. The molecule has 1 aromatic carbocycles. The van der Waals surface area contributed by atoms with Gasteiger partial charge in [0.05, 0.1) is 5.54 Å². The van der Waals surface area contributed by atoms with Gasteiger partial charge in [0, 0.05) is 24.9 Å². The summed E-state index contributed by atoms with van der Waals surface area (Å²) >= 11 is 0. The van der Waals surface area contributed by atoms with Crippen molar-refractivity contribution in [1.29, 1.82) is 0 Å². The van der Waals surface area contributed by atoms with Crippen LogP contribution in [0.5, 0.6) is 0 Å². The third-order valence-electron chi connectivity index (χ3n) is 5.39. The Hall–Kier alpha value is -1.45. The molecule has 1 fully saturated rings. The lowest BCUT2D eigenvalue weighted by Gasteiger charge is -2.43. The van der Waals surface area contributed by atoms with E-state index in [1.54, 1.807) is 0 Å². The minimum Gasteiger partial charge on any atom is -0.319 e. The summed E-state index contributed by atoms with van der Waals surface area (Å²) < 4.78 is 0. The van der Waals surface area contributed by atoms with Gasteiger partial charge in [-0.1, -0.05) is 35.9 Å². The Morgan fingerprint density at radius 1 is 1.22 bits per heavy atom. The summed E-state index contributed by atoms with van der Waals surface area (Å²) in [5.41, 5.74) is 9.70. The molecule has 0 aromatic heterocycles. The number of hydrogen-bond donors (Lipinski definition) is 1. The largest absolute Gasteiger partial charge is 0.319 e. The van der Waals surface area contributed by atoms with E-state index in [9.17, 15) is 4.79 Å². The van der Waals surface area contributed by atoms with Gasteiger partial charge in [-0.3, -0.25) is 4.79 Å². The van der Waals surface area contributed by atoms with Gasteiger partial charge in [0.25, 0.3) is 0 Å². The molecular weight excluding hydrogens is 284 g/mol. The molecule has 1 aliphatic carbocycles. The van der Waals surface area contributed by atoms with Crippen LogP contribution in [0.4, 0.5) is 0 Å². The maximum Gasteiger partial charge on any atom is 0.155 e. The van der Waals surface area contributed by atoms with Crippen LogP contribution < -0.4 is 5.73 Å². The van der Waals surface area contributed by atoms with Gasteiger partial charge in [-0.15, -0.1) is 0 Å². The second-order valence-corrected chi connectivity index (χ2v) is 7.72.